The summed E-state index contributed by atoms with van der Waals surface area (Å²) in [6.45, 7) is 3.04. The van der Waals surface area contributed by atoms with Gasteiger partial charge in [-0.05, 0) is 26.0 Å². The molecule has 6 heteroatoms. The number of benzene rings is 1. The van der Waals surface area contributed by atoms with Crippen molar-refractivity contribution < 1.29 is 19.1 Å². The van der Waals surface area contributed by atoms with Crippen molar-refractivity contribution in [2.24, 2.45) is 0 Å². The van der Waals surface area contributed by atoms with Crippen molar-refractivity contribution in [2.45, 2.75) is 19.9 Å². The quantitative estimate of drug-likeness (QED) is 0.584. The van der Waals surface area contributed by atoms with Crippen LogP contribution in [0.1, 0.15) is 13.8 Å². The third kappa shape index (κ3) is 5.76. The molecule has 0 spiro atoms. The van der Waals surface area contributed by atoms with Gasteiger partial charge in [0.05, 0.1) is 5.69 Å². The fraction of sp³-hybridized carbons (Fsp3) is 0.385. The van der Waals surface area contributed by atoms with Gasteiger partial charge < -0.3 is 20.5 Å². The zero-order valence-electron chi connectivity index (χ0n) is 11.0. The van der Waals surface area contributed by atoms with Crippen LogP contribution in [0.25, 0.3) is 0 Å². The van der Waals surface area contributed by atoms with E-state index in [0.717, 1.165) is 0 Å². The van der Waals surface area contributed by atoms with Crippen LogP contribution in [-0.4, -0.2) is 31.1 Å². The summed E-state index contributed by atoms with van der Waals surface area (Å²) in [4.78, 5) is 22.6. The highest BCUT2D eigenvalue weighted by Gasteiger charge is 2.09. The smallest absolute Gasteiger partial charge is 0.344 e. The number of nitrogens with two attached hydrogens (primary N) is 1. The Morgan fingerprint density at radius 3 is 2.58 bits per heavy atom. The average molecular weight is 266 g/mol. The van der Waals surface area contributed by atoms with Crippen molar-refractivity contribution >= 4 is 17.6 Å². The van der Waals surface area contributed by atoms with E-state index in [9.17, 15) is 9.59 Å². The van der Waals surface area contributed by atoms with Crippen LogP contribution in [0.2, 0.25) is 0 Å². The first kappa shape index (κ1) is 14.8. The number of anilines is 1. The molecule has 1 amide bonds. The zero-order chi connectivity index (χ0) is 14.3. The fourth-order valence-corrected chi connectivity index (χ4v) is 1.30. The number of carbonyl (C=O) groups is 2. The molecule has 0 bridgehead atoms. The van der Waals surface area contributed by atoms with Crippen molar-refractivity contribution in [2.75, 3.05) is 18.9 Å². The molecule has 19 heavy (non-hydrogen) atoms. The lowest BCUT2D eigenvalue weighted by atomic mass is 10.3. The Balaban J connectivity index is 2.29. The van der Waals surface area contributed by atoms with Gasteiger partial charge in [-0.2, -0.15) is 0 Å². The zero-order valence-corrected chi connectivity index (χ0v) is 11.0. The summed E-state index contributed by atoms with van der Waals surface area (Å²) >= 11 is 0. The predicted octanol–water partition coefficient (Wildman–Crippen LogP) is 0.715. The summed E-state index contributed by atoms with van der Waals surface area (Å²) in [6.07, 6.45) is 0. The molecule has 0 fully saturated rings. The number of nitrogens with one attached hydrogen (secondary N) is 1. The van der Waals surface area contributed by atoms with Crippen LogP contribution in [-0.2, 0) is 14.3 Å². The number of para-hydroxylation sites is 2. The lowest BCUT2D eigenvalue weighted by molar-refractivity contribution is -0.150. The van der Waals surface area contributed by atoms with Crippen molar-refractivity contribution in [1.82, 2.24) is 5.32 Å². The maximum Gasteiger partial charge on any atom is 0.344 e. The molecule has 0 aromatic heterocycles. The van der Waals surface area contributed by atoms with E-state index < -0.39 is 5.97 Å². The predicted molar refractivity (Wildman–Crippen MR) is 70.6 cm³/mol. The van der Waals surface area contributed by atoms with E-state index in [1.807, 2.05) is 13.8 Å². The first-order chi connectivity index (χ1) is 8.99. The molecule has 0 atom stereocenters. The monoisotopic (exact) mass is 266 g/mol. The summed E-state index contributed by atoms with van der Waals surface area (Å²) in [5.41, 5.74) is 6.08. The molecule has 3 N–H and O–H groups in total. The van der Waals surface area contributed by atoms with Gasteiger partial charge in [0, 0.05) is 6.04 Å². The van der Waals surface area contributed by atoms with E-state index in [-0.39, 0.29) is 25.2 Å². The largest absolute Gasteiger partial charge is 0.480 e. The van der Waals surface area contributed by atoms with E-state index in [0.29, 0.717) is 11.4 Å². The van der Waals surface area contributed by atoms with Gasteiger partial charge >= 0.3 is 5.97 Å². The molecule has 0 aliphatic heterocycles. The first-order valence-corrected chi connectivity index (χ1v) is 5.91. The van der Waals surface area contributed by atoms with Gasteiger partial charge in [0.2, 0.25) is 0 Å². The summed E-state index contributed by atoms with van der Waals surface area (Å²) in [6, 6.07) is 6.82. The lowest BCUT2D eigenvalue weighted by Crippen LogP contribution is -2.34. The van der Waals surface area contributed by atoms with Gasteiger partial charge in [-0.3, -0.25) is 4.79 Å². The van der Waals surface area contributed by atoms with Crippen LogP contribution < -0.4 is 15.8 Å². The molecule has 0 aliphatic rings. The first-order valence-electron chi connectivity index (χ1n) is 5.91. The van der Waals surface area contributed by atoms with Crippen LogP contribution in [0, 0.1) is 0 Å². The minimum Gasteiger partial charge on any atom is -0.480 e. The van der Waals surface area contributed by atoms with Crippen LogP contribution in [0.4, 0.5) is 5.69 Å². The Hall–Kier alpha value is -2.24. The number of hydrogen-bond donors (Lipinski definition) is 2. The van der Waals surface area contributed by atoms with Crippen molar-refractivity contribution in [3.05, 3.63) is 24.3 Å². The molecule has 0 saturated carbocycles. The minimum absolute atomic E-state index is 0.00608. The molecular weight excluding hydrogens is 248 g/mol. The number of esters is 1. The summed E-state index contributed by atoms with van der Waals surface area (Å²) in [5, 5.41) is 2.60. The van der Waals surface area contributed by atoms with Gasteiger partial charge in [-0.25, -0.2) is 4.79 Å². The SMILES string of the molecule is CC(C)NC(=O)COC(=O)COc1ccccc1N. The second-order valence-corrected chi connectivity index (χ2v) is 4.21. The molecule has 104 valence electrons. The molecule has 0 saturated heterocycles. The number of carbonyl (C=O) groups excluding carboxylic acids is 2. The average Bonchev–Trinajstić information content (AvgIpc) is 2.34. The molecule has 0 radical (unpaired) electrons. The molecule has 0 heterocycles. The highest BCUT2D eigenvalue weighted by molar-refractivity contribution is 5.81. The fourth-order valence-electron chi connectivity index (χ4n) is 1.30. The number of ether oxygens (including phenoxy) is 2. The summed E-state index contributed by atoms with van der Waals surface area (Å²) < 4.78 is 9.93. The minimum atomic E-state index is -0.623. The third-order valence-corrected chi connectivity index (χ3v) is 2.08. The van der Waals surface area contributed by atoms with Gasteiger partial charge in [0.1, 0.15) is 5.75 Å². The van der Waals surface area contributed by atoms with E-state index in [1.54, 1.807) is 24.3 Å². The highest BCUT2D eigenvalue weighted by atomic mass is 16.6. The molecule has 0 unspecified atom stereocenters. The van der Waals surface area contributed by atoms with Crippen molar-refractivity contribution in [3.8, 4) is 5.75 Å². The van der Waals surface area contributed by atoms with Crippen LogP contribution in [0.5, 0.6) is 5.75 Å². The van der Waals surface area contributed by atoms with E-state index in [4.69, 9.17) is 15.2 Å². The molecule has 6 nitrogen and oxygen atoms in total. The molecular formula is C13H18N2O4. The Labute approximate surface area is 111 Å². The summed E-state index contributed by atoms with van der Waals surface area (Å²) in [5.74, 6) is -0.559. The molecule has 0 aliphatic carbocycles. The Bertz CT molecular complexity index is 446. The number of nitrogen functional groups attached to an aromatic ring is 1. The van der Waals surface area contributed by atoms with Gasteiger partial charge in [-0.15, -0.1) is 0 Å². The normalized spacial score (nSPS) is 10.1. The number of amides is 1. The van der Waals surface area contributed by atoms with E-state index >= 15 is 0 Å². The van der Waals surface area contributed by atoms with Gasteiger partial charge in [0.25, 0.3) is 5.91 Å². The lowest BCUT2D eigenvalue weighted by Gasteiger charge is -2.10. The van der Waals surface area contributed by atoms with Crippen molar-refractivity contribution in [1.29, 1.82) is 0 Å². The van der Waals surface area contributed by atoms with Crippen LogP contribution in [0.15, 0.2) is 24.3 Å². The van der Waals surface area contributed by atoms with Gasteiger partial charge in [0.15, 0.2) is 13.2 Å². The van der Waals surface area contributed by atoms with Crippen LogP contribution in [0.3, 0.4) is 0 Å². The standard InChI is InChI=1S/C13H18N2O4/c1-9(2)15-12(16)7-19-13(17)8-18-11-6-4-3-5-10(11)14/h3-6,9H,7-8,14H2,1-2H3,(H,15,16). The number of hydrogen-bond acceptors (Lipinski definition) is 5. The second kappa shape index (κ2) is 7.25. The van der Waals surface area contributed by atoms with Crippen LogP contribution >= 0.6 is 0 Å². The summed E-state index contributed by atoms with van der Waals surface area (Å²) in [7, 11) is 0. The highest BCUT2D eigenvalue weighted by Crippen LogP contribution is 2.19. The maximum atomic E-state index is 11.3. The van der Waals surface area contributed by atoms with Gasteiger partial charge in [-0.1, -0.05) is 12.1 Å². The molecule has 1 aromatic rings. The van der Waals surface area contributed by atoms with Crippen molar-refractivity contribution in [3.63, 3.8) is 0 Å². The van der Waals surface area contributed by atoms with E-state index in [2.05, 4.69) is 5.32 Å². The number of rotatable bonds is 6. The van der Waals surface area contributed by atoms with E-state index in [1.165, 1.54) is 0 Å². The Morgan fingerprint density at radius 2 is 1.95 bits per heavy atom. The Morgan fingerprint density at radius 1 is 1.26 bits per heavy atom. The maximum absolute atomic E-state index is 11.3. The second-order valence-electron chi connectivity index (χ2n) is 4.21. The molecule has 1 rings (SSSR count). The third-order valence-electron chi connectivity index (χ3n) is 2.08. The molecule has 1 aromatic carbocycles. The Kier molecular flexibility index (Phi) is 5.66. The topological polar surface area (TPSA) is 90.6 Å².